The average Bonchev–Trinajstić information content (AvgIpc) is 2.59. The SMILES string of the molecule is C=CN=C(C=C)N1CCN(C(=O)Nc2ccc(C(F)(F)F)cc2)CC1. The number of carbonyl (C=O) groups is 1. The molecule has 0 radical (unpaired) electrons. The quantitative estimate of drug-likeness (QED) is 0.668. The average molecular weight is 352 g/mol. The summed E-state index contributed by atoms with van der Waals surface area (Å²) in [7, 11) is 0. The van der Waals surface area contributed by atoms with Crippen LogP contribution in [0.4, 0.5) is 23.7 Å². The Bertz CT molecular complexity index is 659. The summed E-state index contributed by atoms with van der Waals surface area (Å²) in [6.07, 6.45) is -1.34. The van der Waals surface area contributed by atoms with Gasteiger partial charge in [-0.2, -0.15) is 13.2 Å². The number of piperazine rings is 1. The van der Waals surface area contributed by atoms with Crippen LogP contribution in [-0.4, -0.2) is 47.8 Å². The monoisotopic (exact) mass is 352 g/mol. The molecule has 1 N–H and O–H groups in total. The van der Waals surface area contributed by atoms with Gasteiger partial charge in [-0.05, 0) is 30.3 Å². The fourth-order valence-corrected chi connectivity index (χ4v) is 2.44. The molecule has 0 saturated carbocycles. The molecule has 1 aliphatic rings. The minimum absolute atomic E-state index is 0.320. The van der Waals surface area contributed by atoms with Gasteiger partial charge in [0, 0.05) is 38.1 Å². The van der Waals surface area contributed by atoms with Crippen molar-refractivity contribution in [3.8, 4) is 0 Å². The summed E-state index contributed by atoms with van der Waals surface area (Å²) in [6.45, 7) is 9.35. The van der Waals surface area contributed by atoms with Crippen molar-refractivity contribution in [2.45, 2.75) is 6.18 Å². The molecule has 1 aromatic rings. The number of hydrogen-bond acceptors (Lipinski definition) is 2. The molecule has 8 heteroatoms. The molecule has 1 saturated heterocycles. The first kappa shape index (κ1) is 18.6. The highest BCUT2D eigenvalue weighted by Crippen LogP contribution is 2.29. The van der Waals surface area contributed by atoms with Gasteiger partial charge in [0.1, 0.15) is 5.84 Å². The molecule has 0 spiro atoms. The molecule has 2 rings (SSSR count). The Labute approximate surface area is 144 Å². The molecule has 0 bridgehead atoms. The molecule has 1 heterocycles. The Hall–Kier alpha value is -2.77. The van der Waals surface area contributed by atoms with Crippen LogP contribution in [0.25, 0.3) is 0 Å². The van der Waals surface area contributed by atoms with Gasteiger partial charge in [-0.15, -0.1) is 0 Å². The maximum absolute atomic E-state index is 12.5. The number of urea groups is 1. The van der Waals surface area contributed by atoms with Crippen LogP contribution in [0, 0.1) is 0 Å². The van der Waals surface area contributed by atoms with E-state index in [0.717, 1.165) is 12.1 Å². The molecule has 2 amide bonds. The van der Waals surface area contributed by atoms with Crippen molar-refractivity contribution in [2.75, 3.05) is 31.5 Å². The first-order valence-electron chi connectivity index (χ1n) is 7.64. The molecule has 25 heavy (non-hydrogen) atoms. The number of carbonyl (C=O) groups excluding carboxylic acids is 1. The van der Waals surface area contributed by atoms with Crippen LogP contribution < -0.4 is 5.32 Å². The Morgan fingerprint density at radius 3 is 2.12 bits per heavy atom. The smallest absolute Gasteiger partial charge is 0.353 e. The third kappa shape index (κ3) is 4.85. The van der Waals surface area contributed by atoms with Crippen LogP contribution in [-0.2, 0) is 6.18 Å². The van der Waals surface area contributed by atoms with Crippen LogP contribution in [0.15, 0.2) is 54.7 Å². The topological polar surface area (TPSA) is 47.9 Å². The Morgan fingerprint density at radius 1 is 1.08 bits per heavy atom. The second-order valence-corrected chi connectivity index (χ2v) is 5.35. The molecule has 0 unspecified atom stereocenters. The highest BCUT2D eigenvalue weighted by Gasteiger charge is 2.30. The number of rotatable bonds is 3. The van der Waals surface area contributed by atoms with Crippen molar-refractivity contribution < 1.29 is 18.0 Å². The molecule has 1 aliphatic heterocycles. The molecule has 1 fully saturated rings. The standard InChI is InChI=1S/C17H19F3N4O/c1-3-15(21-4-2)23-9-11-24(12-10-23)16(25)22-14-7-5-13(6-8-14)17(18,19)20/h3-8H,1-2,9-12H2,(H,22,25). The molecular weight excluding hydrogens is 333 g/mol. The zero-order valence-electron chi connectivity index (χ0n) is 13.6. The maximum atomic E-state index is 12.5. The fourth-order valence-electron chi connectivity index (χ4n) is 2.44. The lowest BCUT2D eigenvalue weighted by molar-refractivity contribution is -0.137. The molecule has 5 nitrogen and oxygen atoms in total. The lowest BCUT2D eigenvalue weighted by atomic mass is 10.2. The van der Waals surface area contributed by atoms with Crippen LogP contribution in [0.3, 0.4) is 0 Å². The van der Waals surface area contributed by atoms with E-state index in [9.17, 15) is 18.0 Å². The first-order valence-corrected chi connectivity index (χ1v) is 7.64. The van der Waals surface area contributed by atoms with Crippen molar-refractivity contribution in [1.29, 1.82) is 0 Å². The van der Waals surface area contributed by atoms with Gasteiger partial charge in [0.25, 0.3) is 0 Å². The van der Waals surface area contributed by atoms with E-state index >= 15 is 0 Å². The van der Waals surface area contributed by atoms with E-state index in [1.54, 1.807) is 11.0 Å². The Balaban J connectivity index is 1.91. The van der Waals surface area contributed by atoms with Crippen molar-refractivity contribution in [2.24, 2.45) is 4.99 Å². The zero-order valence-corrected chi connectivity index (χ0v) is 13.6. The highest BCUT2D eigenvalue weighted by molar-refractivity contribution is 5.93. The number of amidine groups is 1. The van der Waals surface area contributed by atoms with Gasteiger partial charge in [0.05, 0.1) is 5.56 Å². The van der Waals surface area contributed by atoms with Crippen molar-refractivity contribution >= 4 is 17.6 Å². The second-order valence-electron chi connectivity index (χ2n) is 5.35. The lowest BCUT2D eigenvalue weighted by Crippen LogP contribution is -2.51. The minimum Gasteiger partial charge on any atom is -0.353 e. The number of alkyl halides is 3. The van der Waals surface area contributed by atoms with Gasteiger partial charge in [0.15, 0.2) is 0 Å². The van der Waals surface area contributed by atoms with Crippen LogP contribution >= 0.6 is 0 Å². The van der Waals surface area contributed by atoms with E-state index < -0.39 is 11.7 Å². The number of benzene rings is 1. The Kier molecular flexibility index (Phi) is 5.84. The fraction of sp³-hybridized carbons (Fsp3) is 0.294. The van der Waals surface area contributed by atoms with Gasteiger partial charge >= 0.3 is 12.2 Å². The van der Waals surface area contributed by atoms with Crippen molar-refractivity contribution in [3.63, 3.8) is 0 Å². The number of halogens is 3. The molecule has 0 atom stereocenters. The van der Waals surface area contributed by atoms with E-state index in [-0.39, 0.29) is 6.03 Å². The van der Waals surface area contributed by atoms with Crippen molar-refractivity contribution in [3.05, 3.63) is 55.3 Å². The van der Waals surface area contributed by atoms with Crippen LogP contribution in [0.1, 0.15) is 5.56 Å². The number of amides is 2. The number of anilines is 1. The predicted molar refractivity (Wildman–Crippen MR) is 91.4 cm³/mol. The minimum atomic E-state index is -4.39. The second kappa shape index (κ2) is 7.87. The third-order valence-electron chi connectivity index (χ3n) is 3.76. The van der Waals surface area contributed by atoms with Gasteiger partial charge in [-0.25, -0.2) is 9.79 Å². The number of nitrogens with one attached hydrogen (secondary N) is 1. The largest absolute Gasteiger partial charge is 0.416 e. The maximum Gasteiger partial charge on any atom is 0.416 e. The number of nitrogens with zero attached hydrogens (tertiary/aromatic N) is 3. The van der Waals surface area contributed by atoms with Crippen LogP contribution in [0.5, 0.6) is 0 Å². The predicted octanol–water partition coefficient (Wildman–Crippen LogP) is 3.58. The number of aliphatic imine (C=N–C) groups is 1. The zero-order chi connectivity index (χ0) is 18.4. The normalized spacial score (nSPS) is 15.7. The highest BCUT2D eigenvalue weighted by atomic mass is 19.4. The summed E-state index contributed by atoms with van der Waals surface area (Å²) in [4.78, 5) is 19.9. The van der Waals surface area contributed by atoms with E-state index in [0.29, 0.717) is 37.7 Å². The molecule has 0 aromatic heterocycles. The van der Waals surface area contributed by atoms with E-state index in [4.69, 9.17) is 0 Å². The van der Waals surface area contributed by atoms with E-state index in [1.165, 1.54) is 18.3 Å². The summed E-state index contributed by atoms with van der Waals surface area (Å²) in [5.74, 6) is 0.692. The van der Waals surface area contributed by atoms with E-state index in [2.05, 4.69) is 23.5 Å². The summed E-state index contributed by atoms with van der Waals surface area (Å²) < 4.78 is 37.6. The van der Waals surface area contributed by atoms with Crippen LogP contribution in [0.2, 0.25) is 0 Å². The van der Waals surface area contributed by atoms with Gasteiger partial charge in [-0.3, -0.25) is 0 Å². The van der Waals surface area contributed by atoms with Crippen molar-refractivity contribution in [1.82, 2.24) is 9.80 Å². The Morgan fingerprint density at radius 2 is 1.64 bits per heavy atom. The first-order chi connectivity index (χ1) is 11.8. The molecule has 0 aliphatic carbocycles. The molecule has 134 valence electrons. The van der Waals surface area contributed by atoms with E-state index in [1.807, 2.05) is 4.90 Å². The third-order valence-corrected chi connectivity index (χ3v) is 3.76. The van der Waals surface area contributed by atoms with Gasteiger partial charge in [-0.1, -0.05) is 13.2 Å². The summed E-state index contributed by atoms with van der Waals surface area (Å²) in [6, 6.07) is 4.01. The molecular formula is C17H19F3N4O. The van der Waals surface area contributed by atoms with Gasteiger partial charge < -0.3 is 15.1 Å². The summed E-state index contributed by atoms with van der Waals surface area (Å²) in [5, 5.41) is 2.61. The summed E-state index contributed by atoms with van der Waals surface area (Å²) >= 11 is 0. The summed E-state index contributed by atoms with van der Waals surface area (Å²) in [5.41, 5.74) is -0.432. The number of hydrogen-bond donors (Lipinski definition) is 1. The van der Waals surface area contributed by atoms with Gasteiger partial charge in [0.2, 0.25) is 0 Å². The molecule has 1 aromatic carbocycles. The lowest BCUT2D eigenvalue weighted by Gasteiger charge is -2.35.